The topological polar surface area (TPSA) is 74.1 Å². The molecule has 2 heterocycles. The van der Waals surface area contributed by atoms with Crippen molar-refractivity contribution >= 4 is 11.5 Å². The number of aryl methyl sites for hydroxylation is 2. The predicted molar refractivity (Wildman–Crippen MR) is 91.5 cm³/mol. The van der Waals surface area contributed by atoms with Gasteiger partial charge in [0.1, 0.15) is 12.1 Å². The van der Waals surface area contributed by atoms with Crippen molar-refractivity contribution in [2.24, 2.45) is 0 Å². The SMILES string of the molecule is COc1ccc(Nc2cc(-n3nc(C)cc3C)ncn2)cc1OC. The number of rotatable bonds is 5. The zero-order valence-electron chi connectivity index (χ0n) is 14.1. The molecule has 124 valence electrons. The van der Waals surface area contributed by atoms with Gasteiger partial charge in [-0.1, -0.05) is 0 Å². The zero-order valence-corrected chi connectivity index (χ0v) is 14.1. The molecule has 0 saturated carbocycles. The van der Waals surface area contributed by atoms with E-state index < -0.39 is 0 Å². The molecule has 0 aliphatic heterocycles. The summed E-state index contributed by atoms with van der Waals surface area (Å²) in [6, 6.07) is 9.43. The molecule has 3 aromatic rings. The minimum atomic E-state index is 0.648. The zero-order chi connectivity index (χ0) is 17.1. The van der Waals surface area contributed by atoms with Gasteiger partial charge in [0.25, 0.3) is 0 Å². The van der Waals surface area contributed by atoms with Crippen molar-refractivity contribution < 1.29 is 9.47 Å². The minimum absolute atomic E-state index is 0.648. The highest BCUT2D eigenvalue weighted by Crippen LogP contribution is 2.30. The molecule has 0 saturated heterocycles. The van der Waals surface area contributed by atoms with Gasteiger partial charge in [-0.15, -0.1) is 0 Å². The van der Waals surface area contributed by atoms with Gasteiger partial charge in [-0.05, 0) is 32.0 Å². The summed E-state index contributed by atoms with van der Waals surface area (Å²) in [7, 11) is 3.21. The fourth-order valence-corrected chi connectivity index (χ4v) is 2.45. The summed E-state index contributed by atoms with van der Waals surface area (Å²) in [6.45, 7) is 3.94. The van der Waals surface area contributed by atoms with Crippen LogP contribution in [0.3, 0.4) is 0 Å². The molecule has 3 rings (SSSR count). The van der Waals surface area contributed by atoms with E-state index in [0.29, 0.717) is 23.1 Å². The van der Waals surface area contributed by atoms with Gasteiger partial charge in [-0.2, -0.15) is 5.10 Å². The highest BCUT2D eigenvalue weighted by atomic mass is 16.5. The second kappa shape index (κ2) is 6.57. The highest BCUT2D eigenvalue weighted by Gasteiger charge is 2.08. The third-order valence-corrected chi connectivity index (χ3v) is 3.54. The van der Waals surface area contributed by atoms with Crippen LogP contribution < -0.4 is 14.8 Å². The number of anilines is 2. The van der Waals surface area contributed by atoms with Crippen LogP contribution in [0, 0.1) is 13.8 Å². The third kappa shape index (κ3) is 3.15. The first-order valence-corrected chi connectivity index (χ1v) is 7.45. The van der Waals surface area contributed by atoms with Crippen molar-refractivity contribution in [2.75, 3.05) is 19.5 Å². The molecule has 0 amide bonds. The van der Waals surface area contributed by atoms with Crippen LogP contribution in [-0.2, 0) is 0 Å². The van der Waals surface area contributed by atoms with Crippen molar-refractivity contribution in [1.29, 1.82) is 0 Å². The van der Waals surface area contributed by atoms with Gasteiger partial charge >= 0.3 is 0 Å². The summed E-state index contributed by atoms with van der Waals surface area (Å²) < 4.78 is 12.3. The first-order valence-electron chi connectivity index (χ1n) is 7.45. The van der Waals surface area contributed by atoms with E-state index >= 15 is 0 Å². The first kappa shape index (κ1) is 15.8. The molecule has 2 aromatic heterocycles. The summed E-state index contributed by atoms with van der Waals surface area (Å²) in [5.41, 5.74) is 2.80. The smallest absolute Gasteiger partial charge is 0.162 e. The Hall–Kier alpha value is -3.09. The molecular formula is C17H19N5O2. The van der Waals surface area contributed by atoms with Crippen LogP contribution in [0.2, 0.25) is 0 Å². The lowest BCUT2D eigenvalue weighted by atomic mass is 10.2. The number of aromatic nitrogens is 4. The van der Waals surface area contributed by atoms with Crippen LogP contribution in [0.25, 0.3) is 5.82 Å². The molecule has 0 bridgehead atoms. The van der Waals surface area contributed by atoms with E-state index in [0.717, 1.165) is 17.1 Å². The number of ether oxygens (including phenoxy) is 2. The molecule has 1 aromatic carbocycles. The molecule has 0 unspecified atom stereocenters. The van der Waals surface area contributed by atoms with E-state index in [-0.39, 0.29) is 0 Å². The number of methoxy groups -OCH3 is 2. The van der Waals surface area contributed by atoms with Crippen LogP contribution in [0.5, 0.6) is 11.5 Å². The Labute approximate surface area is 140 Å². The number of hydrogen-bond donors (Lipinski definition) is 1. The standard InChI is InChI=1S/C17H19N5O2/c1-11-7-12(2)22(21-11)17-9-16(18-10-19-17)20-13-5-6-14(23-3)15(8-13)24-4/h5-10H,1-4H3,(H,18,19,20). The average Bonchev–Trinajstić information content (AvgIpc) is 2.93. The van der Waals surface area contributed by atoms with Crippen LogP contribution >= 0.6 is 0 Å². The summed E-state index contributed by atoms with van der Waals surface area (Å²) in [4.78, 5) is 8.55. The predicted octanol–water partition coefficient (Wildman–Crippen LogP) is 3.04. The van der Waals surface area contributed by atoms with Gasteiger partial charge in [-0.25, -0.2) is 14.6 Å². The van der Waals surface area contributed by atoms with Crippen molar-refractivity contribution in [3.8, 4) is 17.3 Å². The quantitative estimate of drug-likeness (QED) is 0.777. The summed E-state index contributed by atoms with van der Waals surface area (Å²) in [5.74, 6) is 2.70. The lowest BCUT2D eigenvalue weighted by Gasteiger charge is -2.11. The van der Waals surface area contributed by atoms with Gasteiger partial charge in [0, 0.05) is 23.5 Å². The highest BCUT2D eigenvalue weighted by molar-refractivity contribution is 5.62. The monoisotopic (exact) mass is 325 g/mol. The largest absolute Gasteiger partial charge is 0.493 e. The molecule has 1 N–H and O–H groups in total. The van der Waals surface area contributed by atoms with Crippen LogP contribution in [0.15, 0.2) is 36.7 Å². The Kier molecular flexibility index (Phi) is 4.33. The third-order valence-electron chi connectivity index (χ3n) is 3.54. The Morgan fingerprint density at radius 3 is 2.42 bits per heavy atom. The van der Waals surface area contributed by atoms with E-state index in [1.165, 1.54) is 6.33 Å². The molecule has 0 radical (unpaired) electrons. The molecule has 24 heavy (non-hydrogen) atoms. The van der Waals surface area contributed by atoms with Crippen LogP contribution in [0.1, 0.15) is 11.4 Å². The Morgan fingerprint density at radius 2 is 1.75 bits per heavy atom. The van der Waals surface area contributed by atoms with E-state index in [2.05, 4.69) is 20.4 Å². The van der Waals surface area contributed by atoms with Crippen molar-refractivity contribution in [2.45, 2.75) is 13.8 Å². The van der Waals surface area contributed by atoms with E-state index in [1.54, 1.807) is 18.9 Å². The number of hydrogen-bond acceptors (Lipinski definition) is 6. The summed E-state index contributed by atoms with van der Waals surface area (Å²) in [5, 5.41) is 7.68. The minimum Gasteiger partial charge on any atom is -0.493 e. The fourth-order valence-electron chi connectivity index (χ4n) is 2.45. The number of benzene rings is 1. The maximum Gasteiger partial charge on any atom is 0.162 e. The maximum absolute atomic E-state index is 5.31. The Bertz CT molecular complexity index is 860. The molecule has 0 aliphatic rings. The van der Waals surface area contributed by atoms with Crippen LogP contribution in [0.4, 0.5) is 11.5 Å². The number of nitrogens with one attached hydrogen (secondary N) is 1. The molecular weight excluding hydrogens is 306 g/mol. The van der Waals surface area contributed by atoms with Gasteiger partial charge in [0.15, 0.2) is 17.3 Å². The second-order valence-electron chi connectivity index (χ2n) is 5.30. The summed E-state index contributed by atoms with van der Waals surface area (Å²) >= 11 is 0. The molecule has 0 spiro atoms. The molecule has 0 aliphatic carbocycles. The van der Waals surface area contributed by atoms with E-state index in [4.69, 9.17) is 9.47 Å². The van der Waals surface area contributed by atoms with Crippen molar-refractivity contribution in [3.63, 3.8) is 0 Å². The lowest BCUT2D eigenvalue weighted by Crippen LogP contribution is -2.04. The molecule has 7 heteroatoms. The maximum atomic E-state index is 5.31. The fraction of sp³-hybridized carbons (Fsp3) is 0.235. The van der Waals surface area contributed by atoms with Crippen LogP contribution in [-0.4, -0.2) is 34.0 Å². The Morgan fingerprint density at radius 1 is 0.958 bits per heavy atom. The number of nitrogens with zero attached hydrogens (tertiary/aromatic N) is 4. The second-order valence-corrected chi connectivity index (χ2v) is 5.30. The lowest BCUT2D eigenvalue weighted by molar-refractivity contribution is 0.355. The molecule has 0 fully saturated rings. The van der Waals surface area contributed by atoms with Gasteiger partial charge in [0.2, 0.25) is 0 Å². The van der Waals surface area contributed by atoms with Gasteiger partial charge in [0.05, 0.1) is 19.9 Å². The molecule has 0 atom stereocenters. The Balaban J connectivity index is 1.89. The van der Waals surface area contributed by atoms with E-state index in [9.17, 15) is 0 Å². The van der Waals surface area contributed by atoms with Gasteiger partial charge in [-0.3, -0.25) is 0 Å². The summed E-state index contributed by atoms with van der Waals surface area (Å²) in [6.07, 6.45) is 1.51. The van der Waals surface area contributed by atoms with Crippen molar-refractivity contribution in [1.82, 2.24) is 19.7 Å². The first-order chi connectivity index (χ1) is 11.6. The normalized spacial score (nSPS) is 10.5. The van der Waals surface area contributed by atoms with Gasteiger partial charge < -0.3 is 14.8 Å². The average molecular weight is 325 g/mol. The van der Waals surface area contributed by atoms with E-state index in [1.807, 2.05) is 44.2 Å². The molecule has 7 nitrogen and oxygen atoms in total. The van der Waals surface area contributed by atoms with Crippen molar-refractivity contribution in [3.05, 3.63) is 48.0 Å².